The number of ether oxygens (including phenoxy) is 1. The second-order valence-electron chi connectivity index (χ2n) is 3.79. The number of furan rings is 1. The lowest BCUT2D eigenvalue weighted by Crippen LogP contribution is -2.09. The van der Waals surface area contributed by atoms with Gasteiger partial charge in [-0.05, 0) is 24.5 Å². The van der Waals surface area contributed by atoms with Crippen molar-refractivity contribution < 1.29 is 13.9 Å². The highest BCUT2D eigenvalue weighted by Gasteiger charge is 2.17. The number of rotatable bonds is 5. The van der Waals surface area contributed by atoms with Crippen molar-refractivity contribution in [3.8, 4) is 0 Å². The van der Waals surface area contributed by atoms with Gasteiger partial charge < -0.3 is 9.15 Å². The molecule has 102 valence electrons. The minimum atomic E-state index is -0.325. The summed E-state index contributed by atoms with van der Waals surface area (Å²) in [6.07, 6.45) is 2.08. The van der Waals surface area contributed by atoms with Crippen molar-refractivity contribution in [2.45, 2.75) is 11.3 Å². The average Bonchev–Trinajstić information content (AvgIpc) is 2.72. The number of carbonyl (C=O) groups is 1. The van der Waals surface area contributed by atoms with E-state index in [-0.39, 0.29) is 19.0 Å². The number of alkyl halides is 1. The van der Waals surface area contributed by atoms with Gasteiger partial charge in [-0.2, -0.15) is 0 Å². The second kappa shape index (κ2) is 6.68. The molecule has 0 aliphatic heterocycles. The van der Waals surface area contributed by atoms with Gasteiger partial charge in [-0.1, -0.05) is 15.9 Å². The second-order valence-corrected chi connectivity index (χ2v) is 5.90. The van der Waals surface area contributed by atoms with E-state index in [2.05, 4.69) is 15.9 Å². The Kier molecular flexibility index (Phi) is 5.19. The predicted molar refractivity (Wildman–Crippen MR) is 81.1 cm³/mol. The molecule has 0 spiro atoms. The number of hydrogen-bond donors (Lipinski definition) is 0. The Morgan fingerprint density at radius 1 is 1.53 bits per heavy atom. The summed E-state index contributed by atoms with van der Waals surface area (Å²) in [6.45, 7) is 0.223. The zero-order valence-corrected chi connectivity index (χ0v) is 13.4. The van der Waals surface area contributed by atoms with E-state index < -0.39 is 0 Å². The van der Waals surface area contributed by atoms with Gasteiger partial charge in [-0.15, -0.1) is 23.4 Å². The summed E-state index contributed by atoms with van der Waals surface area (Å²) in [5.41, 5.74) is 0.771. The van der Waals surface area contributed by atoms with Gasteiger partial charge in [0, 0.05) is 9.86 Å². The fourth-order valence-corrected chi connectivity index (χ4v) is 2.93. The first-order chi connectivity index (χ1) is 9.15. The van der Waals surface area contributed by atoms with Crippen molar-refractivity contribution in [3.05, 3.63) is 28.4 Å². The van der Waals surface area contributed by atoms with Crippen molar-refractivity contribution in [1.29, 1.82) is 0 Å². The highest BCUT2D eigenvalue weighted by Crippen LogP contribution is 2.35. The van der Waals surface area contributed by atoms with Gasteiger partial charge in [0.05, 0.1) is 10.8 Å². The smallest absolute Gasteiger partial charge is 0.313 e. The maximum absolute atomic E-state index is 11.6. The molecule has 0 amide bonds. The summed E-state index contributed by atoms with van der Waals surface area (Å²) >= 11 is 10.5. The Hall–Kier alpha value is -0.650. The highest BCUT2D eigenvalue weighted by atomic mass is 79.9. The molecular formula is C13H12BrClO3S. The summed E-state index contributed by atoms with van der Waals surface area (Å²) in [4.78, 5) is 12.6. The molecule has 2 rings (SSSR count). The molecule has 0 aliphatic carbocycles. The van der Waals surface area contributed by atoms with E-state index >= 15 is 0 Å². The van der Waals surface area contributed by atoms with Crippen LogP contribution in [0.15, 0.2) is 32.0 Å². The molecule has 0 aliphatic rings. The number of esters is 1. The standard InChI is InChI=1S/C13H12BrClO3S/c1-19-13-9-6-8(14)2-3-10(9)18-11(13)7-12(16)17-5-4-15/h2-3,6H,4-5,7H2,1H3. The van der Waals surface area contributed by atoms with Crippen LogP contribution in [0.3, 0.4) is 0 Å². The van der Waals surface area contributed by atoms with Gasteiger partial charge in [-0.3, -0.25) is 4.79 Å². The van der Waals surface area contributed by atoms with Crippen molar-refractivity contribution in [2.24, 2.45) is 0 Å². The lowest BCUT2D eigenvalue weighted by molar-refractivity contribution is -0.142. The third-order valence-electron chi connectivity index (χ3n) is 2.52. The number of halogens is 2. The summed E-state index contributed by atoms with van der Waals surface area (Å²) in [5.74, 6) is 0.614. The molecule has 0 radical (unpaired) electrons. The number of benzene rings is 1. The molecule has 0 atom stereocenters. The summed E-state index contributed by atoms with van der Waals surface area (Å²) < 4.78 is 11.7. The van der Waals surface area contributed by atoms with Crippen LogP contribution >= 0.6 is 39.3 Å². The first-order valence-corrected chi connectivity index (χ1v) is 8.17. The lowest BCUT2D eigenvalue weighted by Gasteiger charge is -2.01. The van der Waals surface area contributed by atoms with Gasteiger partial charge >= 0.3 is 5.97 Å². The summed E-state index contributed by atoms with van der Waals surface area (Å²) in [5, 5.41) is 1.00. The van der Waals surface area contributed by atoms with Crippen LogP contribution in [-0.4, -0.2) is 24.7 Å². The topological polar surface area (TPSA) is 39.4 Å². The SMILES string of the molecule is CSc1c(CC(=O)OCCCl)oc2ccc(Br)cc12. The van der Waals surface area contributed by atoms with Crippen LogP contribution in [0.2, 0.25) is 0 Å². The molecule has 0 saturated carbocycles. The molecule has 0 bridgehead atoms. The largest absolute Gasteiger partial charge is 0.464 e. The van der Waals surface area contributed by atoms with Gasteiger partial charge in [0.1, 0.15) is 24.4 Å². The zero-order chi connectivity index (χ0) is 13.8. The summed E-state index contributed by atoms with van der Waals surface area (Å²) in [6, 6.07) is 5.77. The van der Waals surface area contributed by atoms with Gasteiger partial charge in [0.2, 0.25) is 0 Å². The molecule has 6 heteroatoms. The normalized spacial score (nSPS) is 10.9. The first kappa shape index (κ1) is 14.8. The van der Waals surface area contributed by atoms with Crippen LogP contribution in [-0.2, 0) is 16.0 Å². The lowest BCUT2D eigenvalue weighted by atomic mass is 10.2. The molecule has 1 aromatic carbocycles. The number of hydrogen-bond acceptors (Lipinski definition) is 4. The first-order valence-electron chi connectivity index (χ1n) is 5.62. The highest BCUT2D eigenvalue weighted by molar-refractivity contribution is 9.10. The monoisotopic (exact) mass is 362 g/mol. The van der Waals surface area contributed by atoms with E-state index in [1.165, 1.54) is 0 Å². The molecule has 3 nitrogen and oxygen atoms in total. The molecule has 0 fully saturated rings. The Morgan fingerprint density at radius 3 is 3.00 bits per heavy atom. The molecule has 2 aromatic rings. The molecular weight excluding hydrogens is 352 g/mol. The predicted octanol–water partition coefficient (Wildman–Crippen LogP) is 4.24. The Balaban J connectivity index is 2.30. The summed E-state index contributed by atoms with van der Waals surface area (Å²) in [7, 11) is 0. The van der Waals surface area contributed by atoms with Gasteiger partial charge in [0.25, 0.3) is 0 Å². The van der Waals surface area contributed by atoms with E-state index in [0.29, 0.717) is 11.6 Å². The molecule has 0 N–H and O–H groups in total. The van der Waals surface area contributed by atoms with Crippen LogP contribution in [0.1, 0.15) is 5.76 Å². The Labute approximate surface area is 128 Å². The molecule has 0 unspecified atom stereocenters. The maximum atomic E-state index is 11.6. The van der Waals surface area contributed by atoms with Crippen LogP contribution in [0.25, 0.3) is 11.0 Å². The molecule has 19 heavy (non-hydrogen) atoms. The number of thioether (sulfide) groups is 1. The fraction of sp³-hybridized carbons (Fsp3) is 0.308. The van der Waals surface area contributed by atoms with Crippen LogP contribution in [0.4, 0.5) is 0 Å². The number of fused-ring (bicyclic) bond motifs is 1. The van der Waals surface area contributed by atoms with Crippen LogP contribution in [0, 0.1) is 0 Å². The molecule has 0 saturated heterocycles. The van der Waals surface area contributed by atoms with E-state index in [1.54, 1.807) is 11.8 Å². The quantitative estimate of drug-likeness (QED) is 0.452. The van der Waals surface area contributed by atoms with Crippen LogP contribution in [0.5, 0.6) is 0 Å². The van der Waals surface area contributed by atoms with Gasteiger partial charge in [-0.25, -0.2) is 0 Å². The van der Waals surface area contributed by atoms with Crippen molar-refractivity contribution in [1.82, 2.24) is 0 Å². The maximum Gasteiger partial charge on any atom is 0.313 e. The van der Waals surface area contributed by atoms with Crippen LogP contribution < -0.4 is 0 Å². The number of carbonyl (C=O) groups excluding carboxylic acids is 1. The minimum Gasteiger partial charge on any atom is -0.464 e. The van der Waals surface area contributed by atoms with Crippen molar-refractivity contribution in [2.75, 3.05) is 18.7 Å². The van der Waals surface area contributed by atoms with E-state index in [0.717, 1.165) is 20.3 Å². The third-order valence-corrected chi connectivity index (χ3v) is 4.03. The van der Waals surface area contributed by atoms with Crippen molar-refractivity contribution >= 4 is 56.2 Å². The Morgan fingerprint density at radius 2 is 2.32 bits per heavy atom. The zero-order valence-electron chi connectivity index (χ0n) is 10.2. The van der Waals surface area contributed by atoms with E-state index in [4.69, 9.17) is 20.8 Å². The fourth-order valence-electron chi connectivity index (χ4n) is 1.77. The van der Waals surface area contributed by atoms with Gasteiger partial charge in [0.15, 0.2) is 0 Å². The minimum absolute atomic E-state index is 0.124. The molecule has 1 aromatic heterocycles. The van der Waals surface area contributed by atoms with E-state index in [1.807, 2.05) is 24.5 Å². The Bertz CT molecular complexity index is 597. The molecule has 1 heterocycles. The average molecular weight is 364 g/mol. The van der Waals surface area contributed by atoms with Crippen molar-refractivity contribution in [3.63, 3.8) is 0 Å². The third kappa shape index (κ3) is 3.46. The van der Waals surface area contributed by atoms with E-state index in [9.17, 15) is 4.79 Å².